The first-order chi connectivity index (χ1) is 15.4. The number of carbonyl (C=O) groups excluding carboxylic acids is 1. The van der Waals surface area contributed by atoms with E-state index in [2.05, 4.69) is 5.32 Å². The number of benzene rings is 2. The lowest BCUT2D eigenvalue weighted by Gasteiger charge is -2.32. The number of nitrogens with zero attached hydrogens (tertiary/aromatic N) is 1. The van der Waals surface area contributed by atoms with Crippen molar-refractivity contribution in [3.63, 3.8) is 0 Å². The third-order valence-corrected chi connectivity index (χ3v) is 5.87. The van der Waals surface area contributed by atoms with Gasteiger partial charge in [0.05, 0.1) is 14.2 Å². The number of methoxy groups -OCH3 is 2. The van der Waals surface area contributed by atoms with Gasteiger partial charge in [0.25, 0.3) is 0 Å². The minimum Gasteiger partial charge on any atom is -0.497 e. The zero-order chi connectivity index (χ0) is 23.1. The molecule has 0 saturated carbocycles. The molecule has 1 saturated heterocycles. The number of rotatable bonds is 9. The van der Waals surface area contributed by atoms with Gasteiger partial charge in [0.15, 0.2) is 11.6 Å². The van der Waals surface area contributed by atoms with E-state index in [1.165, 1.54) is 0 Å². The molecule has 5 nitrogen and oxygen atoms in total. The van der Waals surface area contributed by atoms with Crippen LogP contribution in [0, 0.1) is 23.4 Å². The standard InChI is InChI=1S/C24H29F3N2O3/c1-31-18-7-6-17(22(12-18)32-2)13-28-23(30)10-5-16-4-3-11-29(14-16)15-19-20(25)8-9-21(26)24(19)27/h6-9,12,16H,3-5,10-11,13-15H2,1-2H3,(H,28,30). The first kappa shape index (κ1) is 23.9. The van der Waals surface area contributed by atoms with Crippen LogP contribution in [-0.2, 0) is 17.9 Å². The number of likely N-dealkylation sites (tertiary alicyclic amines) is 1. The van der Waals surface area contributed by atoms with Crippen LogP contribution in [0.5, 0.6) is 11.5 Å². The van der Waals surface area contributed by atoms with E-state index >= 15 is 0 Å². The Kier molecular flexibility index (Phi) is 8.39. The van der Waals surface area contributed by atoms with Crippen LogP contribution in [-0.4, -0.2) is 38.1 Å². The van der Waals surface area contributed by atoms with Crippen molar-refractivity contribution in [2.45, 2.75) is 38.8 Å². The fourth-order valence-corrected chi connectivity index (χ4v) is 4.08. The summed E-state index contributed by atoms with van der Waals surface area (Å²) < 4.78 is 51.9. The number of piperidine rings is 1. The Morgan fingerprint density at radius 3 is 2.66 bits per heavy atom. The Bertz CT molecular complexity index is 939. The molecule has 174 valence electrons. The number of hydrogen-bond acceptors (Lipinski definition) is 4. The summed E-state index contributed by atoms with van der Waals surface area (Å²) in [5.74, 6) is -1.41. The summed E-state index contributed by atoms with van der Waals surface area (Å²) in [5.41, 5.74) is 0.612. The van der Waals surface area contributed by atoms with Crippen LogP contribution in [0.15, 0.2) is 30.3 Å². The Hall–Kier alpha value is -2.74. The summed E-state index contributed by atoms with van der Waals surface area (Å²) in [5, 5.41) is 2.91. The Morgan fingerprint density at radius 1 is 1.12 bits per heavy atom. The van der Waals surface area contributed by atoms with E-state index in [1.54, 1.807) is 20.3 Å². The van der Waals surface area contributed by atoms with Gasteiger partial charge in [-0.3, -0.25) is 9.69 Å². The minimum absolute atomic E-state index is 0.0232. The van der Waals surface area contributed by atoms with E-state index in [4.69, 9.17) is 9.47 Å². The van der Waals surface area contributed by atoms with Crippen molar-refractivity contribution in [3.05, 3.63) is 58.9 Å². The van der Waals surface area contributed by atoms with Gasteiger partial charge in [0, 0.05) is 43.2 Å². The predicted octanol–water partition coefficient (Wildman–Crippen LogP) is 4.43. The molecule has 1 amide bonds. The number of ether oxygens (including phenoxy) is 2. The van der Waals surface area contributed by atoms with Gasteiger partial charge in [-0.2, -0.15) is 0 Å². The van der Waals surface area contributed by atoms with Gasteiger partial charge >= 0.3 is 0 Å². The van der Waals surface area contributed by atoms with E-state index in [-0.39, 0.29) is 23.9 Å². The average molecular weight is 451 g/mol. The van der Waals surface area contributed by atoms with Crippen molar-refractivity contribution in [1.82, 2.24) is 10.2 Å². The normalized spacial score (nSPS) is 16.6. The van der Waals surface area contributed by atoms with E-state index in [9.17, 15) is 18.0 Å². The van der Waals surface area contributed by atoms with Gasteiger partial charge < -0.3 is 14.8 Å². The predicted molar refractivity (Wildman–Crippen MR) is 115 cm³/mol. The molecular weight excluding hydrogens is 421 g/mol. The van der Waals surface area contributed by atoms with Crippen LogP contribution in [0.25, 0.3) is 0 Å². The van der Waals surface area contributed by atoms with Crippen molar-refractivity contribution in [3.8, 4) is 11.5 Å². The zero-order valence-corrected chi connectivity index (χ0v) is 18.4. The van der Waals surface area contributed by atoms with Crippen molar-refractivity contribution in [2.24, 2.45) is 5.92 Å². The molecule has 1 heterocycles. The Balaban J connectivity index is 1.48. The lowest BCUT2D eigenvalue weighted by Crippen LogP contribution is -2.36. The van der Waals surface area contributed by atoms with Gasteiger partial charge in [0.2, 0.25) is 5.91 Å². The lowest BCUT2D eigenvalue weighted by molar-refractivity contribution is -0.121. The van der Waals surface area contributed by atoms with Gasteiger partial charge in [0.1, 0.15) is 17.3 Å². The number of hydrogen-bond donors (Lipinski definition) is 1. The second kappa shape index (κ2) is 11.2. The largest absolute Gasteiger partial charge is 0.497 e. The van der Waals surface area contributed by atoms with E-state index in [1.807, 2.05) is 17.0 Å². The number of halogens is 3. The van der Waals surface area contributed by atoms with Gasteiger partial charge in [-0.15, -0.1) is 0 Å². The third kappa shape index (κ3) is 6.16. The van der Waals surface area contributed by atoms with Crippen LogP contribution in [0.4, 0.5) is 13.2 Å². The molecule has 1 aliphatic rings. The smallest absolute Gasteiger partial charge is 0.220 e. The maximum Gasteiger partial charge on any atom is 0.220 e. The summed E-state index contributed by atoms with van der Waals surface area (Å²) in [7, 11) is 3.14. The van der Waals surface area contributed by atoms with Crippen molar-refractivity contribution < 1.29 is 27.4 Å². The molecular formula is C24H29F3N2O3. The molecule has 2 aromatic rings. The van der Waals surface area contributed by atoms with Crippen LogP contribution in [0.1, 0.15) is 36.8 Å². The molecule has 0 aliphatic carbocycles. The summed E-state index contributed by atoms with van der Waals surface area (Å²) in [4.78, 5) is 14.3. The summed E-state index contributed by atoms with van der Waals surface area (Å²) >= 11 is 0. The number of amides is 1. The van der Waals surface area contributed by atoms with Crippen molar-refractivity contribution in [1.29, 1.82) is 0 Å². The molecule has 1 fully saturated rings. The molecule has 1 aliphatic heterocycles. The van der Waals surface area contributed by atoms with Gasteiger partial charge in [-0.1, -0.05) is 0 Å². The number of carbonyl (C=O) groups is 1. The second-order valence-electron chi connectivity index (χ2n) is 8.06. The summed E-state index contributed by atoms with van der Waals surface area (Å²) in [6.45, 7) is 1.68. The highest BCUT2D eigenvalue weighted by Crippen LogP contribution is 2.26. The quantitative estimate of drug-likeness (QED) is 0.575. The first-order valence-electron chi connectivity index (χ1n) is 10.7. The highest BCUT2D eigenvalue weighted by molar-refractivity contribution is 5.75. The Labute approximate surface area is 186 Å². The monoisotopic (exact) mass is 450 g/mol. The fraction of sp³-hybridized carbons (Fsp3) is 0.458. The minimum atomic E-state index is -1.12. The molecule has 0 aromatic heterocycles. The maximum atomic E-state index is 14.0. The average Bonchev–Trinajstić information content (AvgIpc) is 2.81. The zero-order valence-electron chi connectivity index (χ0n) is 18.4. The molecule has 0 spiro atoms. The van der Waals surface area contributed by atoms with Crippen molar-refractivity contribution >= 4 is 5.91 Å². The van der Waals surface area contributed by atoms with Crippen LogP contribution < -0.4 is 14.8 Å². The van der Waals surface area contributed by atoms with Crippen LogP contribution >= 0.6 is 0 Å². The lowest BCUT2D eigenvalue weighted by atomic mass is 9.93. The highest BCUT2D eigenvalue weighted by atomic mass is 19.2. The fourth-order valence-electron chi connectivity index (χ4n) is 4.08. The van der Waals surface area contributed by atoms with Gasteiger partial charge in [-0.25, -0.2) is 13.2 Å². The molecule has 0 radical (unpaired) electrons. The highest BCUT2D eigenvalue weighted by Gasteiger charge is 2.23. The van der Waals surface area contributed by atoms with E-state index < -0.39 is 17.5 Å². The Morgan fingerprint density at radius 2 is 1.91 bits per heavy atom. The maximum absolute atomic E-state index is 14.0. The second-order valence-corrected chi connectivity index (χ2v) is 8.06. The summed E-state index contributed by atoms with van der Waals surface area (Å²) in [6, 6.07) is 7.18. The molecule has 1 atom stereocenters. The van der Waals surface area contributed by atoms with Crippen LogP contribution in [0.2, 0.25) is 0 Å². The third-order valence-electron chi connectivity index (χ3n) is 5.87. The molecule has 8 heteroatoms. The SMILES string of the molecule is COc1ccc(CNC(=O)CCC2CCCN(Cc3c(F)ccc(F)c3F)C2)c(OC)c1. The molecule has 3 rings (SSSR count). The van der Waals surface area contributed by atoms with Crippen molar-refractivity contribution in [2.75, 3.05) is 27.3 Å². The molecule has 32 heavy (non-hydrogen) atoms. The topological polar surface area (TPSA) is 50.8 Å². The first-order valence-corrected chi connectivity index (χ1v) is 10.7. The molecule has 2 aromatic carbocycles. The van der Waals surface area contributed by atoms with Crippen LogP contribution in [0.3, 0.4) is 0 Å². The van der Waals surface area contributed by atoms with E-state index in [0.717, 1.165) is 30.5 Å². The van der Waals surface area contributed by atoms with E-state index in [0.29, 0.717) is 44.0 Å². The summed E-state index contributed by atoms with van der Waals surface area (Å²) in [6.07, 6.45) is 2.86. The molecule has 0 bridgehead atoms. The number of nitrogens with one attached hydrogen (secondary N) is 1. The molecule has 1 N–H and O–H groups in total. The molecule has 1 unspecified atom stereocenters. The van der Waals surface area contributed by atoms with Gasteiger partial charge in [-0.05, 0) is 56.0 Å².